The van der Waals surface area contributed by atoms with Gasteiger partial charge in [-0.3, -0.25) is 9.48 Å². The lowest BCUT2D eigenvalue weighted by Crippen LogP contribution is -2.29. The Morgan fingerprint density at radius 2 is 2.22 bits per heavy atom. The van der Waals surface area contributed by atoms with Crippen LogP contribution >= 0.6 is 0 Å². The van der Waals surface area contributed by atoms with Crippen LogP contribution in [-0.4, -0.2) is 25.8 Å². The first-order valence-electron chi connectivity index (χ1n) is 5.59. The van der Waals surface area contributed by atoms with E-state index >= 15 is 0 Å². The van der Waals surface area contributed by atoms with E-state index in [1.165, 1.54) is 0 Å². The third-order valence-electron chi connectivity index (χ3n) is 2.51. The molecule has 0 unspecified atom stereocenters. The maximum Gasteiger partial charge on any atom is 0.270 e. The molecule has 2 aromatic heterocycles. The van der Waals surface area contributed by atoms with Gasteiger partial charge in [-0.2, -0.15) is 10.1 Å². The topological polar surface area (TPSA) is 85.8 Å². The first-order chi connectivity index (χ1) is 8.47. The number of aromatic nitrogens is 4. The van der Waals surface area contributed by atoms with Crippen LogP contribution in [0.1, 0.15) is 40.9 Å². The van der Waals surface area contributed by atoms with Crippen LogP contribution in [-0.2, 0) is 7.05 Å². The Bertz CT molecular complexity index is 572. The van der Waals surface area contributed by atoms with E-state index in [4.69, 9.17) is 4.52 Å². The van der Waals surface area contributed by atoms with Crippen LogP contribution in [0.2, 0.25) is 0 Å². The summed E-state index contributed by atoms with van der Waals surface area (Å²) in [5.41, 5.74) is 1.30. The molecule has 0 spiro atoms. The van der Waals surface area contributed by atoms with Crippen LogP contribution in [0.5, 0.6) is 0 Å². The zero-order valence-corrected chi connectivity index (χ0v) is 10.8. The highest BCUT2D eigenvalue weighted by Gasteiger charge is 2.18. The molecule has 0 radical (unpaired) electrons. The first-order valence-corrected chi connectivity index (χ1v) is 5.59. The predicted octanol–water partition coefficient (Wildman–Crippen LogP) is 0.911. The zero-order valence-electron chi connectivity index (χ0n) is 10.8. The molecule has 7 nitrogen and oxygen atoms in total. The summed E-state index contributed by atoms with van der Waals surface area (Å²) < 4.78 is 6.41. The monoisotopic (exact) mass is 249 g/mol. The number of nitrogens with zero attached hydrogens (tertiary/aromatic N) is 4. The molecule has 2 rings (SSSR count). The zero-order chi connectivity index (χ0) is 13.3. The van der Waals surface area contributed by atoms with Crippen molar-refractivity contribution in [3.63, 3.8) is 0 Å². The maximum atomic E-state index is 12.0. The molecule has 2 aromatic rings. The van der Waals surface area contributed by atoms with Crippen molar-refractivity contribution in [3.8, 4) is 0 Å². The summed E-state index contributed by atoms with van der Waals surface area (Å²) in [5, 5.41) is 10.7. The molecule has 7 heteroatoms. The molecule has 0 saturated carbocycles. The highest BCUT2D eigenvalue weighted by molar-refractivity contribution is 5.92. The van der Waals surface area contributed by atoms with Crippen LogP contribution in [0.25, 0.3) is 0 Å². The fourth-order valence-electron chi connectivity index (χ4n) is 1.65. The summed E-state index contributed by atoms with van der Waals surface area (Å²) in [5.74, 6) is 0.718. The summed E-state index contributed by atoms with van der Waals surface area (Å²) in [7, 11) is 1.73. The Morgan fingerprint density at radius 3 is 2.72 bits per heavy atom. The smallest absolute Gasteiger partial charge is 0.270 e. The Balaban J connectivity index is 2.10. The predicted molar refractivity (Wildman–Crippen MR) is 62.9 cm³/mol. The van der Waals surface area contributed by atoms with Crippen molar-refractivity contribution in [2.45, 2.75) is 26.8 Å². The number of nitrogens with one attached hydrogen (secondary N) is 1. The Hall–Kier alpha value is -2.18. The third kappa shape index (κ3) is 2.39. The van der Waals surface area contributed by atoms with Gasteiger partial charge in [0.2, 0.25) is 5.89 Å². The van der Waals surface area contributed by atoms with Gasteiger partial charge < -0.3 is 9.84 Å². The van der Waals surface area contributed by atoms with Gasteiger partial charge in [0.05, 0.1) is 11.7 Å². The summed E-state index contributed by atoms with van der Waals surface area (Å²) in [6.07, 6.45) is 0. The van der Waals surface area contributed by atoms with Gasteiger partial charge in [-0.1, -0.05) is 5.16 Å². The second-order valence-electron chi connectivity index (χ2n) is 4.16. The van der Waals surface area contributed by atoms with E-state index in [-0.39, 0.29) is 11.9 Å². The lowest BCUT2D eigenvalue weighted by atomic mass is 10.3. The molecular formula is C11H15N5O2. The minimum absolute atomic E-state index is 0.215. The average Bonchev–Trinajstić information content (AvgIpc) is 2.84. The van der Waals surface area contributed by atoms with Crippen molar-refractivity contribution < 1.29 is 9.32 Å². The molecule has 0 bridgehead atoms. The first kappa shape index (κ1) is 12.3. The molecule has 0 fully saturated rings. The van der Waals surface area contributed by atoms with Crippen molar-refractivity contribution in [1.29, 1.82) is 0 Å². The maximum absolute atomic E-state index is 12.0. The number of amides is 1. The molecule has 0 aromatic carbocycles. The highest BCUT2D eigenvalue weighted by Crippen LogP contribution is 2.09. The van der Waals surface area contributed by atoms with Gasteiger partial charge in [0, 0.05) is 14.0 Å². The van der Waals surface area contributed by atoms with Gasteiger partial charge >= 0.3 is 0 Å². The molecule has 1 N–H and O–H groups in total. The highest BCUT2D eigenvalue weighted by atomic mass is 16.5. The third-order valence-corrected chi connectivity index (χ3v) is 2.51. The molecule has 1 amide bonds. The van der Waals surface area contributed by atoms with Crippen molar-refractivity contribution in [2.75, 3.05) is 0 Å². The van der Waals surface area contributed by atoms with Gasteiger partial charge in [0.1, 0.15) is 5.69 Å². The fraction of sp³-hybridized carbons (Fsp3) is 0.455. The summed E-state index contributed by atoms with van der Waals surface area (Å²) in [6, 6.07) is 1.41. The van der Waals surface area contributed by atoms with Gasteiger partial charge in [-0.15, -0.1) is 0 Å². The lowest BCUT2D eigenvalue weighted by Gasteiger charge is -2.09. The number of carbonyl (C=O) groups is 1. The Labute approximate surface area is 104 Å². The molecule has 96 valence electrons. The van der Waals surface area contributed by atoms with Crippen LogP contribution in [0.3, 0.4) is 0 Å². The molecule has 0 aliphatic heterocycles. The molecular weight excluding hydrogens is 234 g/mol. The minimum Gasteiger partial charge on any atom is -0.341 e. The van der Waals surface area contributed by atoms with Crippen molar-refractivity contribution in [1.82, 2.24) is 25.2 Å². The van der Waals surface area contributed by atoms with Crippen LogP contribution in [0, 0.1) is 13.8 Å². The van der Waals surface area contributed by atoms with Gasteiger partial charge in [-0.05, 0) is 19.9 Å². The summed E-state index contributed by atoms with van der Waals surface area (Å²) in [6.45, 7) is 5.34. The number of rotatable bonds is 3. The van der Waals surface area contributed by atoms with E-state index in [0.29, 0.717) is 17.4 Å². The minimum atomic E-state index is -0.315. The molecule has 1 atom stereocenters. The summed E-state index contributed by atoms with van der Waals surface area (Å²) in [4.78, 5) is 16.1. The Kier molecular flexibility index (Phi) is 3.14. The standard InChI is InChI=1S/C11H15N5O2/c1-6-5-9(16(4)14-6)11(17)12-7(2)10-13-8(3)18-15-10/h5,7H,1-4H3,(H,12,17)/t7-/m0/s1. The van der Waals surface area contributed by atoms with E-state index < -0.39 is 0 Å². The van der Waals surface area contributed by atoms with Gasteiger partial charge in [-0.25, -0.2) is 0 Å². The molecule has 0 aliphatic rings. The Morgan fingerprint density at radius 1 is 1.50 bits per heavy atom. The molecule has 0 aliphatic carbocycles. The fourth-order valence-corrected chi connectivity index (χ4v) is 1.65. The van der Waals surface area contributed by atoms with E-state index in [0.717, 1.165) is 5.69 Å². The lowest BCUT2D eigenvalue weighted by molar-refractivity contribution is 0.0928. The van der Waals surface area contributed by atoms with Crippen LogP contribution in [0.4, 0.5) is 0 Å². The van der Waals surface area contributed by atoms with Crippen LogP contribution in [0.15, 0.2) is 10.6 Å². The van der Waals surface area contributed by atoms with E-state index in [1.54, 1.807) is 31.6 Å². The molecule has 0 saturated heterocycles. The average molecular weight is 249 g/mol. The van der Waals surface area contributed by atoms with Gasteiger partial charge in [0.25, 0.3) is 5.91 Å². The number of aryl methyl sites for hydroxylation is 3. The van der Waals surface area contributed by atoms with Crippen molar-refractivity contribution in [3.05, 3.63) is 29.2 Å². The molecule has 2 heterocycles. The van der Waals surface area contributed by atoms with Gasteiger partial charge in [0.15, 0.2) is 5.82 Å². The van der Waals surface area contributed by atoms with E-state index in [2.05, 4.69) is 20.6 Å². The number of hydrogen-bond donors (Lipinski definition) is 1. The quantitative estimate of drug-likeness (QED) is 0.873. The van der Waals surface area contributed by atoms with Crippen molar-refractivity contribution in [2.24, 2.45) is 7.05 Å². The SMILES string of the molecule is Cc1cc(C(=O)N[C@@H](C)c2noc(C)n2)n(C)n1. The van der Waals surface area contributed by atoms with E-state index in [9.17, 15) is 4.79 Å². The largest absolute Gasteiger partial charge is 0.341 e. The van der Waals surface area contributed by atoms with Crippen LogP contribution < -0.4 is 5.32 Å². The number of hydrogen-bond acceptors (Lipinski definition) is 5. The second kappa shape index (κ2) is 4.59. The van der Waals surface area contributed by atoms with Crippen molar-refractivity contribution >= 4 is 5.91 Å². The second-order valence-corrected chi connectivity index (χ2v) is 4.16. The van der Waals surface area contributed by atoms with E-state index in [1.807, 2.05) is 6.92 Å². The normalized spacial score (nSPS) is 12.4. The molecule has 18 heavy (non-hydrogen) atoms. The number of carbonyl (C=O) groups excluding carboxylic acids is 1. The summed E-state index contributed by atoms with van der Waals surface area (Å²) >= 11 is 0.